The smallest absolute Gasteiger partial charge is 0.234 e. The van der Waals surface area contributed by atoms with E-state index >= 15 is 0 Å². The number of thioether (sulfide) groups is 1. The van der Waals surface area contributed by atoms with Gasteiger partial charge in [0.25, 0.3) is 0 Å². The number of hydrogen-bond acceptors (Lipinski definition) is 6. The van der Waals surface area contributed by atoms with Crippen LogP contribution in [0.5, 0.6) is 11.5 Å². The first-order chi connectivity index (χ1) is 17.0. The lowest BCUT2D eigenvalue weighted by Crippen LogP contribution is -2.15. The second-order valence-corrected chi connectivity index (χ2v) is 8.99. The number of benzene rings is 3. The van der Waals surface area contributed by atoms with Crippen LogP contribution in [0.3, 0.4) is 0 Å². The van der Waals surface area contributed by atoms with Gasteiger partial charge < -0.3 is 14.8 Å². The second-order valence-electron chi connectivity index (χ2n) is 7.62. The first-order valence-corrected chi connectivity index (χ1v) is 12.4. The van der Waals surface area contributed by atoms with E-state index in [4.69, 9.17) is 21.1 Å². The highest BCUT2D eigenvalue weighted by Crippen LogP contribution is 2.30. The topological polar surface area (TPSA) is 78.3 Å². The third kappa shape index (κ3) is 5.96. The maximum Gasteiger partial charge on any atom is 0.234 e. The van der Waals surface area contributed by atoms with Crippen LogP contribution in [0.1, 0.15) is 12.5 Å². The number of hydrogen-bond donors (Lipinski definition) is 1. The lowest BCUT2D eigenvalue weighted by atomic mass is 10.2. The number of aromatic nitrogens is 3. The van der Waals surface area contributed by atoms with Crippen molar-refractivity contribution < 1.29 is 14.3 Å². The molecule has 9 heteroatoms. The molecule has 0 radical (unpaired) electrons. The standard InChI is InChI=1S/C26H25ClN4O3S/c1-4-34-21-12-10-20(11-13-21)31-25(18-6-8-19(27)9-7-18)29-30-26(31)35-16-24(32)28-22-15-17(2)5-14-23(22)33-3/h5-15H,4,16H2,1-3H3,(H,28,32). The molecule has 1 amide bonds. The number of amides is 1. The number of carbonyl (C=O) groups excluding carboxylic acids is 1. The zero-order valence-corrected chi connectivity index (χ0v) is 21.2. The summed E-state index contributed by atoms with van der Waals surface area (Å²) in [6.45, 7) is 4.49. The molecule has 0 aliphatic carbocycles. The molecule has 4 aromatic rings. The van der Waals surface area contributed by atoms with Gasteiger partial charge in [-0.1, -0.05) is 29.4 Å². The SMILES string of the molecule is CCOc1ccc(-n2c(SCC(=O)Nc3cc(C)ccc3OC)nnc2-c2ccc(Cl)cc2)cc1. The van der Waals surface area contributed by atoms with Gasteiger partial charge in [0.15, 0.2) is 11.0 Å². The summed E-state index contributed by atoms with van der Waals surface area (Å²) in [5, 5.41) is 13.0. The van der Waals surface area contributed by atoms with Gasteiger partial charge in [0.1, 0.15) is 11.5 Å². The predicted molar refractivity (Wildman–Crippen MR) is 140 cm³/mol. The van der Waals surface area contributed by atoms with E-state index in [0.29, 0.717) is 34.0 Å². The molecule has 0 saturated heterocycles. The van der Waals surface area contributed by atoms with Gasteiger partial charge in [0.2, 0.25) is 5.91 Å². The Bertz CT molecular complexity index is 1310. The molecule has 1 aromatic heterocycles. The third-order valence-electron chi connectivity index (χ3n) is 5.10. The molecule has 35 heavy (non-hydrogen) atoms. The Hall–Kier alpha value is -3.49. The number of anilines is 1. The lowest BCUT2D eigenvalue weighted by molar-refractivity contribution is -0.113. The lowest BCUT2D eigenvalue weighted by Gasteiger charge is -2.12. The van der Waals surface area contributed by atoms with E-state index in [1.165, 1.54) is 11.8 Å². The van der Waals surface area contributed by atoms with Crippen molar-refractivity contribution >= 4 is 35.0 Å². The van der Waals surface area contributed by atoms with Crippen LogP contribution in [-0.4, -0.2) is 40.1 Å². The molecule has 0 spiro atoms. The fraction of sp³-hybridized carbons (Fsp3) is 0.192. The van der Waals surface area contributed by atoms with Crippen molar-refractivity contribution in [1.82, 2.24) is 14.8 Å². The largest absolute Gasteiger partial charge is 0.495 e. The molecule has 7 nitrogen and oxygen atoms in total. The van der Waals surface area contributed by atoms with E-state index in [0.717, 1.165) is 22.6 Å². The maximum atomic E-state index is 12.8. The van der Waals surface area contributed by atoms with Crippen molar-refractivity contribution in [2.24, 2.45) is 0 Å². The number of nitrogens with zero attached hydrogens (tertiary/aromatic N) is 3. The monoisotopic (exact) mass is 508 g/mol. The summed E-state index contributed by atoms with van der Waals surface area (Å²) in [6, 6.07) is 20.7. The van der Waals surface area contributed by atoms with E-state index in [1.807, 2.05) is 85.1 Å². The zero-order chi connectivity index (χ0) is 24.8. The fourth-order valence-electron chi connectivity index (χ4n) is 3.48. The molecule has 0 aliphatic heterocycles. The van der Waals surface area contributed by atoms with E-state index in [2.05, 4.69) is 15.5 Å². The zero-order valence-electron chi connectivity index (χ0n) is 19.6. The number of ether oxygens (including phenoxy) is 2. The van der Waals surface area contributed by atoms with Gasteiger partial charge in [-0.3, -0.25) is 9.36 Å². The van der Waals surface area contributed by atoms with E-state index in [9.17, 15) is 4.79 Å². The van der Waals surface area contributed by atoms with Gasteiger partial charge in [-0.2, -0.15) is 0 Å². The van der Waals surface area contributed by atoms with E-state index in [1.54, 1.807) is 7.11 Å². The average molecular weight is 509 g/mol. The number of aryl methyl sites for hydroxylation is 1. The van der Waals surface area contributed by atoms with Crippen LogP contribution in [-0.2, 0) is 4.79 Å². The van der Waals surface area contributed by atoms with Gasteiger partial charge in [-0.25, -0.2) is 0 Å². The normalized spacial score (nSPS) is 10.7. The van der Waals surface area contributed by atoms with Crippen LogP contribution in [0.2, 0.25) is 5.02 Å². The van der Waals surface area contributed by atoms with Crippen molar-refractivity contribution in [3.8, 4) is 28.6 Å². The Balaban J connectivity index is 1.60. The summed E-state index contributed by atoms with van der Waals surface area (Å²) in [5.74, 6) is 2.00. The predicted octanol–water partition coefficient (Wildman–Crippen LogP) is 6.03. The van der Waals surface area contributed by atoms with Gasteiger partial charge in [-0.15, -0.1) is 10.2 Å². The molecule has 1 heterocycles. The molecular weight excluding hydrogens is 484 g/mol. The Morgan fingerprint density at radius 1 is 1.06 bits per heavy atom. The number of rotatable bonds is 9. The van der Waals surface area contributed by atoms with Crippen LogP contribution < -0.4 is 14.8 Å². The third-order valence-corrected chi connectivity index (χ3v) is 6.28. The first-order valence-electron chi connectivity index (χ1n) is 11.0. The summed E-state index contributed by atoms with van der Waals surface area (Å²) in [4.78, 5) is 12.8. The molecule has 0 unspecified atom stereocenters. The Morgan fingerprint density at radius 2 is 1.80 bits per heavy atom. The minimum Gasteiger partial charge on any atom is -0.495 e. The molecule has 1 N–H and O–H groups in total. The molecule has 0 bridgehead atoms. The molecule has 0 atom stereocenters. The number of halogens is 1. The highest BCUT2D eigenvalue weighted by Gasteiger charge is 2.18. The molecule has 4 rings (SSSR count). The molecule has 0 fully saturated rings. The van der Waals surface area contributed by atoms with Crippen molar-refractivity contribution in [1.29, 1.82) is 0 Å². The molecule has 180 valence electrons. The molecular formula is C26H25ClN4O3S. The van der Waals surface area contributed by atoms with Crippen LogP contribution in [0, 0.1) is 6.92 Å². The van der Waals surface area contributed by atoms with E-state index in [-0.39, 0.29) is 11.7 Å². The summed E-state index contributed by atoms with van der Waals surface area (Å²) in [7, 11) is 1.58. The Kier molecular flexibility index (Phi) is 7.94. The van der Waals surface area contributed by atoms with Crippen LogP contribution >= 0.6 is 23.4 Å². The van der Waals surface area contributed by atoms with Crippen molar-refractivity contribution in [3.05, 3.63) is 77.3 Å². The quantitative estimate of drug-likeness (QED) is 0.278. The van der Waals surface area contributed by atoms with Crippen LogP contribution in [0.15, 0.2) is 71.9 Å². The maximum absolute atomic E-state index is 12.8. The number of methoxy groups -OCH3 is 1. The molecule has 0 saturated carbocycles. The molecule has 0 aliphatic rings. The van der Waals surface area contributed by atoms with Gasteiger partial charge >= 0.3 is 0 Å². The van der Waals surface area contributed by atoms with Crippen LogP contribution in [0.4, 0.5) is 5.69 Å². The van der Waals surface area contributed by atoms with Crippen molar-refractivity contribution in [2.75, 3.05) is 24.8 Å². The Morgan fingerprint density at radius 3 is 2.49 bits per heavy atom. The van der Waals surface area contributed by atoms with Crippen LogP contribution in [0.25, 0.3) is 17.1 Å². The highest BCUT2D eigenvalue weighted by atomic mass is 35.5. The summed E-state index contributed by atoms with van der Waals surface area (Å²) in [5.41, 5.74) is 3.37. The van der Waals surface area contributed by atoms with E-state index < -0.39 is 0 Å². The minimum atomic E-state index is -0.173. The van der Waals surface area contributed by atoms with Gasteiger partial charge in [0.05, 0.1) is 25.2 Å². The number of carbonyl (C=O) groups is 1. The number of nitrogens with one attached hydrogen (secondary N) is 1. The second kappa shape index (κ2) is 11.3. The van der Waals surface area contributed by atoms with Crippen molar-refractivity contribution in [2.45, 2.75) is 19.0 Å². The first kappa shape index (κ1) is 24.6. The molecule has 3 aromatic carbocycles. The van der Waals surface area contributed by atoms with Gasteiger partial charge in [0, 0.05) is 16.3 Å². The van der Waals surface area contributed by atoms with Gasteiger partial charge in [-0.05, 0) is 80.1 Å². The highest BCUT2D eigenvalue weighted by molar-refractivity contribution is 7.99. The summed E-state index contributed by atoms with van der Waals surface area (Å²) < 4.78 is 12.9. The Labute approximate surface area is 213 Å². The fourth-order valence-corrected chi connectivity index (χ4v) is 4.35. The summed E-state index contributed by atoms with van der Waals surface area (Å²) >= 11 is 7.38. The minimum absolute atomic E-state index is 0.146. The average Bonchev–Trinajstić information content (AvgIpc) is 3.28. The van der Waals surface area contributed by atoms with Crippen molar-refractivity contribution in [3.63, 3.8) is 0 Å². The summed E-state index contributed by atoms with van der Waals surface area (Å²) in [6.07, 6.45) is 0.